The second kappa shape index (κ2) is 13.5. The summed E-state index contributed by atoms with van der Waals surface area (Å²) in [7, 11) is 1.68. The number of hydrogen-bond acceptors (Lipinski definition) is 3. The Hall–Kier alpha value is -1.16. The van der Waals surface area contributed by atoms with Crippen LogP contribution in [0.1, 0.15) is 31.2 Å². The first-order valence-electron chi connectivity index (χ1n) is 8.25. The molecule has 1 rings (SSSR count). The van der Waals surface area contributed by atoms with Crippen LogP contribution in [0.15, 0.2) is 42.5 Å². The van der Waals surface area contributed by atoms with Crippen LogP contribution in [-0.2, 0) is 15.9 Å². The van der Waals surface area contributed by atoms with E-state index in [0.717, 1.165) is 38.7 Å². The van der Waals surface area contributed by atoms with Gasteiger partial charge in [-0.05, 0) is 43.6 Å². The van der Waals surface area contributed by atoms with Gasteiger partial charge in [0.05, 0.1) is 19.8 Å². The van der Waals surface area contributed by atoms with Crippen molar-refractivity contribution in [3.8, 4) is 0 Å². The number of methoxy groups -OCH3 is 1. The molecule has 0 heterocycles. The normalized spacial score (nSPS) is 12.8. The molecule has 3 heteroatoms. The fourth-order valence-electron chi connectivity index (χ4n) is 2.37. The van der Waals surface area contributed by atoms with Crippen molar-refractivity contribution in [3.05, 3.63) is 48.0 Å². The van der Waals surface area contributed by atoms with Crippen molar-refractivity contribution < 1.29 is 14.6 Å². The van der Waals surface area contributed by atoms with E-state index in [1.807, 2.05) is 0 Å². The van der Waals surface area contributed by atoms with Gasteiger partial charge in [-0.1, -0.05) is 42.5 Å². The molecule has 1 atom stereocenters. The highest BCUT2D eigenvalue weighted by Gasteiger charge is 2.05. The third-order valence-electron chi connectivity index (χ3n) is 3.65. The van der Waals surface area contributed by atoms with E-state index in [1.165, 1.54) is 5.56 Å². The molecular formula is C19H30O3. The van der Waals surface area contributed by atoms with Crippen LogP contribution in [-0.4, -0.2) is 38.6 Å². The fraction of sp³-hybridized carbons (Fsp3) is 0.579. The lowest BCUT2D eigenvalue weighted by atomic mass is 9.94. The summed E-state index contributed by atoms with van der Waals surface area (Å²) < 4.78 is 10.4. The van der Waals surface area contributed by atoms with Gasteiger partial charge in [-0.3, -0.25) is 0 Å². The smallest absolute Gasteiger partial charge is 0.0700 e. The Labute approximate surface area is 135 Å². The van der Waals surface area contributed by atoms with Crippen molar-refractivity contribution in [1.82, 2.24) is 0 Å². The van der Waals surface area contributed by atoms with Crippen molar-refractivity contribution in [2.24, 2.45) is 5.92 Å². The minimum atomic E-state index is 0.274. The highest BCUT2D eigenvalue weighted by atomic mass is 16.5. The molecule has 0 amide bonds. The molecule has 0 aromatic heterocycles. The lowest BCUT2D eigenvalue weighted by Gasteiger charge is -2.12. The Balaban J connectivity index is 2.27. The first kappa shape index (κ1) is 18.9. The van der Waals surface area contributed by atoms with Gasteiger partial charge in [-0.25, -0.2) is 0 Å². The Bertz CT molecular complexity index is 376. The molecule has 0 saturated heterocycles. The summed E-state index contributed by atoms with van der Waals surface area (Å²) in [6.45, 7) is 2.33. The number of rotatable bonds is 13. The van der Waals surface area contributed by atoms with Crippen LogP contribution in [0.3, 0.4) is 0 Å². The van der Waals surface area contributed by atoms with Crippen molar-refractivity contribution >= 4 is 0 Å². The predicted molar refractivity (Wildman–Crippen MR) is 91.0 cm³/mol. The second-order valence-electron chi connectivity index (χ2n) is 5.47. The monoisotopic (exact) mass is 306 g/mol. The van der Waals surface area contributed by atoms with Crippen molar-refractivity contribution in [1.29, 1.82) is 0 Å². The number of hydrogen-bond donors (Lipinski definition) is 1. The van der Waals surface area contributed by atoms with Crippen LogP contribution in [0.5, 0.6) is 0 Å². The van der Waals surface area contributed by atoms with E-state index in [1.54, 1.807) is 7.11 Å². The van der Waals surface area contributed by atoms with E-state index in [2.05, 4.69) is 42.5 Å². The highest BCUT2D eigenvalue weighted by Crippen LogP contribution is 2.17. The molecule has 0 saturated carbocycles. The summed E-state index contributed by atoms with van der Waals surface area (Å²) in [6, 6.07) is 10.6. The summed E-state index contributed by atoms with van der Waals surface area (Å²) in [5.41, 5.74) is 1.38. The minimum Gasteiger partial charge on any atom is -0.396 e. The van der Waals surface area contributed by atoms with Gasteiger partial charge >= 0.3 is 0 Å². The van der Waals surface area contributed by atoms with Crippen LogP contribution < -0.4 is 0 Å². The van der Waals surface area contributed by atoms with E-state index in [4.69, 9.17) is 14.6 Å². The molecule has 124 valence electrons. The van der Waals surface area contributed by atoms with Crippen LogP contribution in [0, 0.1) is 5.92 Å². The summed E-state index contributed by atoms with van der Waals surface area (Å²) in [4.78, 5) is 0. The molecule has 22 heavy (non-hydrogen) atoms. The van der Waals surface area contributed by atoms with Gasteiger partial charge in [0.25, 0.3) is 0 Å². The molecule has 0 aliphatic rings. The van der Waals surface area contributed by atoms with Crippen molar-refractivity contribution in [2.45, 2.75) is 32.1 Å². The third-order valence-corrected chi connectivity index (χ3v) is 3.65. The summed E-state index contributed by atoms with van der Waals surface area (Å²) in [6.07, 6.45) is 9.57. The average Bonchev–Trinajstić information content (AvgIpc) is 2.56. The van der Waals surface area contributed by atoms with E-state index in [9.17, 15) is 0 Å². The number of aliphatic hydroxyl groups excluding tert-OH is 1. The first-order chi connectivity index (χ1) is 10.9. The van der Waals surface area contributed by atoms with Crippen molar-refractivity contribution in [2.75, 3.05) is 33.5 Å². The Kier molecular flexibility index (Phi) is 11.6. The Morgan fingerprint density at radius 2 is 1.91 bits per heavy atom. The van der Waals surface area contributed by atoms with E-state index in [-0.39, 0.29) is 6.61 Å². The summed E-state index contributed by atoms with van der Waals surface area (Å²) in [5, 5.41) is 9.04. The lowest BCUT2D eigenvalue weighted by molar-refractivity contribution is 0.0730. The maximum Gasteiger partial charge on any atom is 0.0700 e. The van der Waals surface area contributed by atoms with Gasteiger partial charge in [0.1, 0.15) is 0 Å². The molecule has 0 unspecified atom stereocenters. The molecule has 1 N–H and O–H groups in total. The molecule has 0 fully saturated rings. The Morgan fingerprint density at radius 3 is 2.64 bits per heavy atom. The molecule has 0 aliphatic carbocycles. The highest BCUT2D eigenvalue weighted by molar-refractivity contribution is 5.14. The zero-order chi connectivity index (χ0) is 15.9. The van der Waals surface area contributed by atoms with E-state index < -0.39 is 0 Å². The molecular weight excluding hydrogens is 276 g/mol. The van der Waals surface area contributed by atoms with Gasteiger partial charge in [-0.15, -0.1) is 0 Å². The van der Waals surface area contributed by atoms with E-state index in [0.29, 0.717) is 19.1 Å². The molecule has 1 aromatic carbocycles. The van der Waals surface area contributed by atoms with Crippen LogP contribution in [0.4, 0.5) is 0 Å². The molecule has 1 aromatic rings. The standard InChI is InChI=1S/C19H30O3/c1-21-16-17-22-15-6-5-10-19(11-7-14-20)13-12-18-8-3-2-4-9-18/h2-5,8-10,19-20H,6-7,11-17H2,1H3/b10-5+/t19-/m1/s1. The van der Waals surface area contributed by atoms with Gasteiger partial charge in [0.2, 0.25) is 0 Å². The predicted octanol–water partition coefficient (Wildman–Crippen LogP) is 3.62. The van der Waals surface area contributed by atoms with Crippen LogP contribution in [0.2, 0.25) is 0 Å². The Morgan fingerprint density at radius 1 is 1.09 bits per heavy atom. The fourth-order valence-corrected chi connectivity index (χ4v) is 2.37. The number of ether oxygens (including phenoxy) is 2. The summed E-state index contributed by atoms with van der Waals surface area (Å²) in [5.74, 6) is 0.534. The maximum atomic E-state index is 9.04. The maximum absolute atomic E-state index is 9.04. The number of allylic oxidation sites excluding steroid dienone is 1. The largest absolute Gasteiger partial charge is 0.396 e. The zero-order valence-electron chi connectivity index (χ0n) is 13.7. The minimum absolute atomic E-state index is 0.274. The number of aryl methyl sites for hydroxylation is 1. The average molecular weight is 306 g/mol. The van der Waals surface area contributed by atoms with Crippen LogP contribution >= 0.6 is 0 Å². The number of benzene rings is 1. The van der Waals surface area contributed by atoms with Gasteiger partial charge in [0.15, 0.2) is 0 Å². The SMILES string of the molecule is COCCOCC/C=C/[C@H](CCCO)CCc1ccccc1. The molecule has 3 nitrogen and oxygen atoms in total. The zero-order valence-corrected chi connectivity index (χ0v) is 13.7. The third kappa shape index (κ3) is 9.72. The lowest BCUT2D eigenvalue weighted by Crippen LogP contribution is -2.03. The molecule has 0 radical (unpaired) electrons. The quantitative estimate of drug-likeness (QED) is 0.447. The number of aliphatic hydroxyl groups is 1. The molecule has 0 aliphatic heterocycles. The van der Waals surface area contributed by atoms with Crippen LogP contribution in [0.25, 0.3) is 0 Å². The second-order valence-corrected chi connectivity index (χ2v) is 5.47. The van der Waals surface area contributed by atoms with E-state index >= 15 is 0 Å². The van der Waals surface area contributed by atoms with Gasteiger partial charge < -0.3 is 14.6 Å². The van der Waals surface area contributed by atoms with Gasteiger partial charge in [-0.2, -0.15) is 0 Å². The molecule has 0 bridgehead atoms. The topological polar surface area (TPSA) is 38.7 Å². The van der Waals surface area contributed by atoms with Gasteiger partial charge in [0, 0.05) is 13.7 Å². The summed E-state index contributed by atoms with van der Waals surface area (Å²) >= 11 is 0. The molecule has 0 spiro atoms. The first-order valence-corrected chi connectivity index (χ1v) is 8.25. The van der Waals surface area contributed by atoms with Crippen molar-refractivity contribution in [3.63, 3.8) is 0 Å².